The number of amides is 1. The Morgan fingerprint density at radius 2 is 1.59 bits per heavy atom. The molecule has 3 aromatic carbocycles. The summed E-state index contributed by atoms with van der Waals surface area (Å²) in [5, 5.41) is 2.77. The van der Waals surface area contributed by atoms with Crippen molar-refractivity contribution in [3.05, 3.63) is 89.7 Å². The van der Waals surface area contributed by atoms with E-state index in [-0.39, 0.29) is 13.0 Å². The molecule has 2 N–H and O–H groups in total. The van der Waals surface area contributed by atoms with Gasteiger partial charge in [-0.1, -0.05) is 48.5 Å². The summed E-state index contributed by atoms with van der Waals surface area (Å²) in [7, 11) is -1.18. The molecule has 0 fully saturated rings. The molecule has 0 unspecified atom stereocenters. The van der Waals surface area contributed by atoms with E-state index in [1.165, 1.54) is 12.1 Å². The first kappa shape index (κ1) is 25.2. The summed E-state index contributed by atoms with van der Waals surface area (Å²) >= 11 is 0. The number of carbonyl (C=O) groups is 1. The number of rotatable bonds is 11. The smallest absolute Gasteiger partial charge is 0.244 e. The van der Waals surface area contributed by atoms with Crippen molar-refractivity contribution in [3.63, 3.8) is 0 Å². The average molecular weight is 487 g/mol. The normalized spacial score (nSPS) is 12.1. The molecule has 1 amide bonds. The van der Waals surface area contributed by atoms with Crippen LogP contribution in [0.4, 0.5) is 4.39 Å². The van der Waals surface area contributed by atoms with Crippen LogP contribution in [0.15, 0.2) is 77.7 Å². The molecule has 0 radical (unpaired) electrons. The number of sulfonamides is 1. The summed E-state index contributed by atoms with van der Waals surface area (Å²) < 4.78 is 52.7. The van der Waals surface area contributed by atoms with Crippen LogP contribution in [0.5, 0.6) is 11.5 Å². The highest BCUT2D eigenvalue weighted by Crippen LogP contribution is 2.27. The third kappa shape index (κ3) is 6.55. The summed E-state index contributed by atoms with van der Waals surface area (Å²) in [6, 6.07) is 18.4. The summed E-state index contributed by atoms with van der Waals surface area (Å²) in [4.78, 5) is 12.5. The maximum atomic E-state index is 14.1. The molecule has 0 saturated carbocycles. The van der Waals surface area contributed by atoms with Crippen LogP contribution in [0.2, 0.25) is 0 Å². The fourth-order valence-electron chi connectivity index (χ4n) is 3.44. The fourth-order valence-corrected chi connectivity index (χ4v) is 4.71. The number of nitrogens with one attached hydrogen (secondary N) is 2. The monoisotopic (exact) mass is 486 g/mol. The van der Waals surface area contributed by atoms with Crippen LogP contribution in [0, 0.1) is 5.82 Å². The van der Waals surface area contributed by atoms with Crippen molar-refractivity contribution in [1.29, 1.82) is 0 Å². The van der Waals surface area contributed by atoms with Crippen molar-refractivity contribution in [2.75, 3.05) is 20.8 Å². The molecule has 1 atom stereocenters. The van der Waals surface area contributed by atoms with Gasteiger partial charge in [0.2, 0.25) is 15.9 Å². The number of halogens is 1. The predicted octanol–water partition coefficient (Wildman–Crippen LogP) is 3.09. The van der Waals surface area contributed by atoms with E-state index >= 15 is 0 Å². The van der Waals surface area contributed by atoms with Gasteiger partial charge in [-0.25, -0.2) is 12.8 Å². The number of hydrogen-bond acceptors (Lipinski definition) is 5. The maximum absolute atomic E-state index is 14.1. The predicted molar refractivity (Wildman–Crippen MR) is 127 cm³/mol. The van der Waals surface area contributed by atoms with Crippen molar-refractivity contribution in [2.24, 2.45) is 0 Å². The molecular formula is C25H27FN2O5S. The van der Waals surface area contributed by atoms with Gasteiger partial charge in [0.1, 0.15) is 16.8 Å². The minimum absolute atomic E-state index is 0.108. The third-order valence-corrected chi connectivity index (χ3v) is 6.69. The molecule has 0 aliphatic carbocycles. The van der Waals surface area contributed by atoms with Crippen molar-refractivity contribution < 1.29 is 27.1 Å². The van der Waals surface area contributed by atoms with E-state index in [0.717, 1.165) is 23.3 Å². The minimum Gasteiger partial charge on any atom is -0.493 e. The van der Waals surface area contributed by atoms with Gasteiger partial charge >= 0.3 is 0 Å². The van der Waals surface area contributed by atoms with Crippen LogP contribution < -0.4 is 19.5 Å². The molecule has 9 heteroatoms. The minimum atomic E-state index is -4.27. The van der Waals surface area contributed by atoms with Crippen LogP contribution in [0.3, 0.4) is 0 Å². The highest BCUT2D eigenvalue weighted by Gasteiger charge is 2.27. The second-order valence-electron chi connectivity index (χ2n) is 7.52. The molecule has 3 rings (SSSR count). The van der Waals surface area contributed by atoms with Crippen molar-refractivity contribution in [3.8, 4) is 11.5 Å². The molecule has 0 bridgehead atoms. The Labute approximate surface area is 199 Å². The number of hydrogen-bond donors (Lipinski definition) is 2. The van der Waals surface area contributed by atoms with E-state index in [9.17, 15) is 17.6 Å². The summed E-state index contributed by atoms with van der Waals surface area (Å²) in [5.74, 6) is -0.224. The first-order valence-corrected chi connectivity index (χ1v) is 12.1. The Morgan fingerprint density at radius 1 is 0.912 bits per heavy atom. The Balaban J connectivity index is 1.73. The van der Waals surface area contributed by atoms with Crippen LogP contribution in [0.1, 0.15) is 11.1 Å². The summed E-state index contributed by atoms with van der Waals surface area (Å²) in [5.41, 5.74) is 1.67. The Hall–Kier alpha value is -3.43. The lowest BCUT2D eigenvalue weighted by Crippen LogP contribution is -2.48. The molecular weight excluding hydrogens is 459 g/mol. The number of carbonyl (C=O) groups excluding carboxylic acids is 1. The fraction of sp³-hybridized carbons (Fsp3) is 0.240. The second kappa shape index (κ2) is 11.6. The van der Waals surface area contributed by atoms with Crippen molar-refractivity contribution >= 4 is 15.9 Å². The van der Waals surface area contributed by atoms with E-state index < -0.39 is 32.7 Å². The molecule has 0 saturated heterocycles. The molecule has 180 valence electrons. The highest BCUT2D eigenvalue weighted by molar-refractivity contribution is 7.89. The van der Waals surface area contributed by atoms with Crippen LogP contribution >= 0.6 is 0 Å². The molecule has 7 nitrogen and oxygen atoms in total. The van der Waals surface area contributed by atoms with Crippen molar-refractivity contribution in [1.82, 2.24) is 10.0 Å². The van der Waals surface area contributed by atoms with Gasteiger partial charge in [-0.3, -0.25) is 4.79 Å². The molecule has 0 aliphatic heterocycles. The molecule has 3 aromatic rings. The average Bonchev–Trinajstić information content (AvgIpc) is 2.84. The zero-order chi connectivity index (χ0) is 24.6. The second-order valence-corrected chi connectivity index (χ2v) is 9.21. The summed E-state index contributed by atoms with van der Waals surface area (Å²) in [6.45, 7) is 0.265. The number of benzene rings is 3. The SMILES string of the molecule is COc1ccc(CCNC(=O)[C@H](Cc2ccccc2)NS(=O)(=O)c2ccccc2F)cc1OC. The standard InChI is InChI=1S/C25H27FN2O5S/c1-32-22-13-12-19(17-23(22)33-2)14-15-27-25(29)21(16-18-8-4-3-5-9-18)28-34(30,31)24-11-7-6-10-20(24)26/h3-13,17,21,28H,14-16H2,1-2H3,(H,27,29)/t21-/m0/s1. The van der Waals surface area contributed by atoms with Gasteiger partial charge in [-0.15, -0.1) is 0 Å². The molecule has 0 aliphatic rings. The largest absolute Gasteiger partial charge is 0.493 e. The van der Waals surface area contributed by atoms with Gasteiger partial charge in [0.15, 0.2) is 11.5 Å². The van der Waals surface area contributed by atoms with Gasteiger partial charge in [0.05, 0.1) is 14.2 Å². The molecule has 34 heavy (non-hydrogen) atoms. The van der Waals surface area contributed by atoms with Crippen LogP contribution in [0.25, 0.3) is 0 Å². The van der Waals surface area contributed by atoms with E-state index in [2.05, 4.69) is 10.0 Å². The lowest BCUT2D eigenvalue weighted by atomic mass is 10.1. The number of ether oxygens (including phenoxy) is 2. The molecule has 0 aromatic heterocycles. The van der Waals surface area contributed by atoms with Gasteiger partial charge in [0.25, 0.3) is 0 Å². The highest BCUT2D eigenvalue weighted by atomic mass is 32.2. The topological polar surface area (TPSA) is 93.7 Å². The summed E-state index contributed by atoms with van der Waals surface area (Å²) in [6.07, 6.45) is 0.598. The van der Waals surface area contributed by atoms with E-state index in [4.69, 9.17) is 9.47 Å². The maximum Gasteiger partial charge on any atom is 0.244 e. The molecule has 0 heterocycles. The first-order chi connectivity index (χ1) is 16.3. The third-order valence-electron chi connectivity index (χ3n) is 5.18. The Bertz CT molecular complexity index is 1220. The lowest BCUT2D eigenvalue weighted by Gasteiger charge is -2.19. The van der Waals surface area contributed by atoms with Crippen LogP contribution in [-0.2, 0) is 27.7 Å². The number of methoxy groups -OCH3 is 2. The van der Waals surface area contributed by atoms with Crippen molar-refractivity contribution in [2.45, 2.75) is 23.8 Å². The first-order valence-electron chi connectivity index (χ1n) is 10.6. The van der Waals surface area contributed by atoms with E-state index in [0.29, 0.717) is 17.9 Å². The van der Waals surface area contributed by atoms with E-state index in [1.54, 1.807) is 44.6 Å². The molecule has 0 spiro atoms. The lowest BCUT2D eigenvalue weighted by molar-refractivity contribution is -0.122. The van der Waals surface area contributed by atoms with Gasteiger partial charge in [-0.2, -0.15) is 4.72 Å². The zero-order valence-corrected chi connectivity index (χ0v) is 19.8. The Kier molecular flexibility index (Phi) is 8.61. The zero-order valence-electron chi connectivity index (χ0n) is 19.0. The van der Waals surface area contributed by atoms with E-state index in [1.807, 2.05) is 18.2 Å². The van der Waals surface area contributed by atoms with Crippen LogP contribution in [-0.4, -0.2) is 41.1 Å². The quantitative estimate of drug-likeness (QED) is 0.435. The Morgan fingerprint density at radius 3 is 2.26 bits per heavy atom. The van der Waals surface area contributed by atoms with Gasteiger partial charge in [-0.05, 0) is 48.2 Å². The van der Waals surface area contributed by atoms with Gasteiger partial charge in [0, 0.05) is 6.54 Å². The van der Waals surface area contributed by atoms with Gasteiger partial charge < -0.3 is 14.8 Å².